The molecule has 19 heavy (non-hydrogen) atoms. The fourth-order valence-electron chi connectivity index (χ4n) is 2.12. The van der Waals surface area contributed by atoms with Gasteiger partial charge in [-0.15, -0.1) is 0 Å². The highest BCUT2D eigenvalue weighted by Crippen LogP contribution is 2.24. The van der Waals surface area contributed by atoms with Crippen LogP contribution < -0.4 is 0 Å². The van der Waals surface area contributed by atoms with E-state index in [0.717, 1.165) is 31.0 Å². The fourth-order valence-corrected chi connectivity index (χ4v) is 2.79. The second-order valence-electron chi connectivity index (χ2n) is 4.41. The maximum atomic E-state index is 13.2. The van der Waals surface area contributed by atoms with Crippen molar-refractivity contribution in [1.29, 1.82) is 0 Å². The lowest BCUT2D eigenvalue weighted by molar-refractivity contribution is -0.385. The van der Waals surface area contributed by atoms with Crippen LogP contribution in [0, 0.1) is 15.9 Å². The van der Waals surface area contributed by atoms with Crippen molar-refractivity contribution in [2.24, 2.45) is 0 Å². The molecule has 1 unspecified atom stereocenters. The molecular weight excluding hydrogens is 319 g/mol. The predicted molar refractivity (Wildman–Crippen MR) is 70.9 cm³/mol. The minimum absolute atomic E-state index is 0.179. The van der Waals surface area contributed by atoms with Crippen molar-refractivity contribution in [1.82, 2.24) is 4.90 Å². The van der Waals surface area contributed by atoms with E-state index in [4.69, 9.17) is 0 Å². The second-order valence-corrected chi connectivity index (χ2v) is 5.70. The van der Waals surface area contributed by atoms with Crippen LogP contribution in [0.15, 0.2) is 18.2 Å². The number of amides is 1. The smallest absolute Gasteiger partial charge is 0.282 e. The average molecular weight is 331 g/mol. The molecule has 0 saturated carbocycles. The van der Waals surface area contributed by atoms with Crippen LogP contribution in [0.4, 0.5) is 10.1 Å². The largest absolute Gasteiger partial charge is 0.337 e. The number of alkyl halides is 1. The Bertz CT molecular complexity index is 524. The summed E-state index contributed by atoms with van der Waals surface area (Å²) in [6.45, 7) is 1.01. The van der Waals surface area contributed by atoms with Crippen LogP contribution in [0.25, 0.3) is 0 Å². The molecule has 0 radical (unpaired) electrons. The van der Waals surface area contributed by atoms with E-state index in [2.05, 4.69) is 15.9 Å². The zero-order chi connectivity index (χ0) is 14.0. The molecule has 1 aliphatic heterocycles. The van der Waals surface area contributed by atoms with Gasteiger partial charge >= 0.3 is 0 Å². The van der Waals surface area contributed by atoms with Crippen LogP contribution >= 0.6 is 15.9 Å². The van der Waals surface area contributed by atoms with Gasteiger partial charge in [0.15, 0.2) is 0 Å². The van der Waals surface area contributed by atoms with E-state index < -0.39 is 16.6 Å². The molecule has 1 saturated heterocycles. The van der Waals surface area contributed by atoms with Gasteiger partial charge in [-0.25, -0.2) is 4.39 Å². The van der Waals surface area contributed by atoms with Crippen LogP contribution in [0.3, 0.4) is 0 Å². The Kier molecular flexibility index (Phi) is 4.14. The molecule has 0 spiro atoms. The van der Waals surface area contributed by atoms with E-state index in [-0.39, 0.29) is 16.1 Å². The Morgan fingerprint density at radius 1 is 1.53 bits per heavy atom. The zero-order valence-electron chi connectivity index (χ0n) is 10.0. The molecular formula is C12H12BrFN2O3. The summed E-state index contributed by atoms with van der Waals surface area (Å²) in [4.78, 5) is 24.2. The number of nitrogens with zero attached hydrogens (tertiary/aromatic N) is 2. The van der Waals surface area contributed by atoms with Crippen molar-refractivity contribution < 1.29 is 14.1 Å². The number of nitro groups is 1. The summed E-state index contributed by atoms with van der Waals surface area (Å²) in [6, 6.07) is 2.94. The van der Waals surface area contributed by atoms with E-state index in [1.54, 1.807) is 0 Å². The SMILES string of the molecule is O=C(c1cc(F)ccc1[N+](=O)[O-])N1CCCC(Br)C1. The molecule has 0 bridgehead atoms. The van der Waals surface area contributed by atoms with Crippen molar-refractivity contribution in [3.8, 4) is 0 Å². The summed E-state index contributed by atoms with van der Waals surface area (Å²) in [5, 5.41) is 10.9. The van der Waals surface area contributed by atoms with Crippen LogP contribution in [0.2, 0.25) is 0 Å². The van der Waals surface area contributed by atoms with Gasteiger partial charge in [-0.05, 0) is 25.0 Å². The lowest BCUT2D eigenvalue weighted by atomic mass is 10.1. The topological polar surface area (TPSA) is 63.4 Å². The number of likely N-dealkylation sites (tertiary alicyclic amines) is 1. The summed E-state index contributed by atoms with van der Waals surface area (Å²) in [5.41, 5.74) is -0.547. The maximum absolute atomic E-state index is 13.2. The van der Waals surface area contributed by atoms with Gasteiger partial charge in [-0.2, -0.15) is 0 Å². The number of carbonyl (C=O) groups is 1. The molecule has 0 aromatic heterocycles. The van der Waals surface area contributed by atoms with Gasteiger partial charge < -0.3 is 4.90 Å². The lowest BCUT2D eigenvalue weighted by Crippen LogP contribution is -2.40. The Morgan fingerprint density at radius 3 is 2.89 bits per heavy atom. The lowest BCUT2D eigenvalue weighted by Gasteiger charge is -2.29. The molecule has 0 aliphatic carbocycles. The summed E-state index contributed by atoms with van der Waals surface area (Å²) in [5.74, 6) is -1.14. The Morgan fingerprint density at radius 2 is 2.26 bits per heavy atom. The number of hydrogen-bond acceptors (Lipinski definition) is 3. The first-order valence-electron chi connectivity index (χ1n) is 5.86. The van der Waals surface area contributed by atoms with E-state index in [1.807, 2.05) is 0 Å². The molecule has 102 valence electrons. The number of halogens is 2. The molecule has 1 aromatic rings. The standard InChI is InChI=1S/C12H12BrFN2O3/c13-8-2-1-5-15(7-8)12(17)10-6-9(14)3-4-11(10)16(18)19/h3-4,6,8H,1-2,5,7H2. The molecule has 1 aliphatic rings. The van der Waals surface area contributed by atoms with Gasteiger partial charge in [-0.3, -0.25) is 14.9 Å². The minimum atomic E-state index is -0.664. The first-order valence-corrected chi connectivity index (χ1v) is 6.78. The summed E-state index contributed by atoms with van der Waals surface area (Å²) >= 11 is 3.43. The highest BCUT2D eigenvalue weighted by Gasteiger charge is 2.28. The molecule has 1 atom stereocenters. The molecule has 2 rings (SSSR count). The first kappa shape index (κ1) is 13.9. The van der Waals surface area contributed by atoms with Gasteiger partial charge in [-0.1, -0.05) is 15.9 Å². The van der Waals surface area contributed by atoms with Crippen molar-refractivity contribution >= 4 is 27.5 Å². The zero-order valence-corrected chi connectivity index (χ0v) is 11.6. The predicted octanol–water partition coefficient (Wildman–Crippen LogP) is 2.73. The Hall–Kier alpha value is -1.50. The molecule has 1 fully saturated rings. The summed E-state index contributed by atoms with van der Waals surface area (Å²) in [6.07, 6.45) is 1.78. The van der Waals surface area contributed by atoms with Crippen LogP contribution in [0.5, 0.6) is 0 Å². The molecule has 5 nitrogen and oxygen atoms in total. The van der Waals surface area contributed by atoms with E-state index in [9.17, 15) is 19.3 Å². The molecule has 1 aromatic carbocycles. The third-order valence-electron chi connectivity index (χ3n) is 3.04. The number of rotatable bonds is 2. The van der Waals surface area contributed by atoms with Gasteiger partial charge in [0.25, 0.3) is 11.6 Å². The third kappa shape index (κ3) is 3.09. The summed E-state index contributed by atoms with van der Waals surface area (Å²) < 4.78 is 13.2. The fraction of sp³-hybridized carbons (Fsp3) is 0.417. The number of piperidine rings is 1. The summed E-state index contributed by atoms with van der Waals surface area (Å²) in [7, 11) is 0. The molecule has 1 amide bonds. The van der Waals surface area contributed by atoms with Crippen molar-refractivity contribution in [3.05, 3.63) is 39.7 Å². The number of carbonyl (C=O) groups excluding carboxylic acids is 1. The van der Waals surface area contributed by atoms with Crippen LogP contribution in [0.1, 0.15) is 23.2 Å². The van der Waals surface area contributed by atoms with Crippen molar-refractivity contribution in [2.75, 3.05) is 13.1 Å². The number of hydrogen-bond donors (Lipinski definition) is 0. The van der Waals surface area contributed by atoms with E-state index in [0.29, 0.717) is 13.1 Å². The molecule has 1 heterocycles. The number of nitro benzene ring substituents is 1. The van der Waals surface area contributed by atoms with Gasteiger partial charge in [0, 0.05) is 24.0 Å². The van der Waals surface area contributed by atoms with Crippen LogP contribution in [-0.4, -0.2) is 33.6 Å². The maximum Gasteiger partial charge on any atom is 0.282 e. The Labute approximate surface area is 117 Å². The molecule has 7 heteroatoms. The highest BCUT2D eigenvalue weighted by molar-refractivity contribution is 9.09. The third-order valence-corrected chi connectivity index (χ3v) is 3.78. The van der Waals surface area contributed by atoms with Gasteiger partial charge in [0.2, 0.25) is 0 Å². The average Bonchev–Trinajstić information content (AvgIpc) is 2.37. The highest BCUT2D eigenvalue weighted by atomic mass is 79.9. The second kappa shape index (κ2) is 5.64. The normalized spacial score (nSPS) is 19.3. The quantitative estimate of drug-likeness (QED) is 0.476. The van der Waals surface area contributed by atoms with Crippen LogP contribution in [-0.2, 0) is 0 Å². The molecule has 0 N–H and O–H groups in total. The van der Waals surface area contributed by atoms with Gasteiger partial charge in [0.05, 0.1) is 4.92 Å². The van der Waals surface area contributed by atoms with E-state index in [1.165, 1.54) is 4.90 Å². The van der Waals surface area contributed by atoms with Crippen molar-refractivity contribution in [3.63, 3.8) is 0 Å². The Balaban J connectivity index is 2.32. The first-order chi connectivity index (χ1) is 8.99. The minimum Gasteiger partial charge on any atom is -0.337 e. The monoisotopic (exact) mass is 330 g/mol. The number of benzene rings is 1. The van der Waals surface area contributed by atoms with Crippen molar-refractivity contribution in [2.45, 2.75) is 17.7 Å². The van der Waals surface area contributed by atoms with E-state index >= 15 is 0 Å². The van der Waals surface area contributed by atoms with Gasteiger partial charge in [0.1, 0.15) is 11.4 Å².